The Labute approximate surface area is 84.3 Å². The van der Waals surface area contributed by atoms with E-state index in [-0.39, 0.29) is 0 Å². The highest BCUT2D eigenvalue weighted by Crippen LogP contribution is 2.40. The standard InChI is InChI=1S/C13H13N/c1-8-4-6-11(7-5-8)12-9(2)10(3)13(12)14/h4-7H,2-3,14H2,1H3. The van der Waals surface area contributed by atoms with Crippen molar-refractivity contribution >= 4 is 5.57 Å². The van der Waals surface area contributed by atoms with Gasteiger partial charge in [-0.3, -0.25) is 0 Å². The molecule has 14 heavy (non-hydrogen) atoms. The van der Waals surface area contributed by atoms with Crippen LogP contribution >= 0.6 is 0 Å². The second-order valence-corrected chi connectivity index (χ2v) is 3.61. The van der Waals surface area contributed by atoms with Crippen LogP contribution in [0.2, 0.25) is 0 Å². The molecule has 2 rings (SSSR count). The largest absolute Gasteiger partial charge is 0.398 e. The van der Waals surface area contributed by atoms with Crippen LogP contribution in [-0.2, 0) is 0 Å². The molecule has 2 N–H and O–H groups in total. The first kappa shape index (κ1) is 8.82. The summed E-state index contributed by atoms with van der Waals surface area (Å²) < 4.78 is 0. The van der Waals surface area contributed by atoms with E-state index >= 15 is 0 Å². The van der Waals surface area contributed by atoms with Gasteiger partial charge in [-0.15, -0.1) is 0 Å². The van der Waals surface area contributed by atoms with E-state index in [4.69, 9.17) is 5.73 Å². The molecular weight excluding hydrogens is 170 g/mol. The van der Waals surface area contributed by atoms with Crippen LogP contribution in [0.5, 0.6) is 0 Å². The summed E-state index contributed by atoms with van der Waals surface area (Å²) in [5, 5.41) is 0. The zero-order valence-electron chi connectivity index (χ0n) is 8.30. The molecule has 0 fully saturated rings. The van der Waals surface area contributed by atoms with Gasteiger partial charge in [0.25, 0.3) is 0 Å². The lowest BCUT2D eigenvalue weighted by Crippen LogP contribution is -2.16. The quantitative estimate of drug-likeness (QED) is 0.711. The molecule has 1 heteroatoms. The van der Waals surface area contributed by atoms with E-state index in [2.05, 4.69) is 44.3 Å². The van der Waals surface area contributed by atoms with Gasteiger partial charge in [-0.2, -0.15) is 0 Å². The van der Waals surface area contributed by atoms with Crippen molar-refractivity contribution in [2.75, 3.05) is 0 Å². The fourth-order valence-corrected chi connectivity index (χ4v) is 1.61. The molecule has 1 aliphatic rings. The molecule has 0 bridgehead atoms. The van der Waals surface area contributed by atoms with Gasteiger partial charge in [0.1, 0.15) is 0 Å². The predicted molar refractivity (Wildman–Crippen MR) is 60.6 cm³/mol. The number of rotatable bonds is 1. The van der Waals surface area contributed by atoms with Gasteiger partial charge in [-0.25, -0.2) is 0 Å². The average molecular weight is 183 g/mol. The van der Waals surface area contributed by atoms with Crippen LogP contribution < -0.4 is 5.73 Å². The second-order valence-electron chi connectivity index (χ2n) is 3.61. The van der Waals surface area contributed by atoms with E-state index < -0.39 is 0 Å². The Balaban J connectivity index is 2.48. The number of hydrogen-bond acceptors (Lipinski definition) is 1. The summed E-state index contributed by atoms with van der Waals surface area (Å²) in [6.45, 7) is 9.83. The van der Waals surface area contributed by atoms with Crippen LogP contribution in [-0.4, -0.2) is 0 Å². The summed E-state index contributed by atoms with van der Waals surface area (Å²) in [6, 6.07) is 8.28. The molecule has 0 aromatic heterocycles. The van der Waals surface area contributed by atoms with E-state index in [9.17, 15) is 0 Å². The van der Waals surface area contributed by atoms with E-state index in [1.807, 2.05) is 0 Å². The summed E-state index contributed by atoms with van der Waals surface area (Å²) in [4.78, 5) is 0. The van der Waals surface area contributed by atoms with Crippen LogP contribution in [0.25, 0.3) is 5.57 Å². The third-order valence-electron chi connectivity index (χ3n) is 2.60. The van der Waals surface area contributed by atoms with Gasteiger partial charge < -0.3 is 5.73 Å². The summed E-state index contributed by atoms with van der Waals surface area (Å²) in [5.41, 5.74) is 11.9. The number of nitrogens with two attached hydrogens (primary N) is 1. The number of allylic oxidation sites excluding steroid dienone is 2. The number of aryl methyl sites for hydroxylation is 1. The zero-order chi connectivity index (χ0) is 10.3. The topological polar surface area (TPSA) is 26.0 Å². The van der Waals surface area contributed by atoms with Gasteiger partial charge in [-0.05, 0) is 23.6 Å². The molecule has 0 unspecified atom stereocenters. The zero-order valence-corrected chi connectivity index (χ0v) is 8.30. The minimum Gasteiger partial charge on any atom is -0.398 e. The molecule has 0 atom stereocenters. The van der Waals surface area contributed by atoms with Crippen LogP contribution in [0.3, 0.4) is 0 Å². The van der Waals surface area contributed by atoms with E-state index in [1.165, 1.54) is 5.56 Å². The maximum Gasteiger partial charge on any atom is 0.0473 e. The van der Waals surface area contributed by atoms with Crippen molar-refractivity contribution in [3.05, 3.63) is 65.4 Å². The summed E-state index contributed by atoms with van der Waals surface area (Å²) in [5.74, 6) is 0. The minimum absolute atomic E-state index is 0.777. The third-order valence-corrected chi connectivity index (χ3v) is 2.60. The van der Waals surface area contributed by atoms with Crippen molar-refractivity contribution in [2.45, 2.75) is 6.92 Å². The molecule has 0 radical (unpaired) electrons. The van der Waals surface area contributed by atoms with E-state index in [0.29, 0.717) is 0 Å². The lowest BCUT2D eigenvalue weighted by molar-refractivity contribution is 1.25. The molecule has 0 aliphatic heterocycles. The van der Waals surface area contributed by atoms with Crippen molar-refractivity contribution < 1.29 is 0 Å². The Hall–Kier alpha value is -1.76. The smallest absolute Gasteiger partial charge is 0.0473 e. The van der Waals surface area contributed by atoms with Crippen molar-refractivity contribution in [1.29, 1.82) is 0 Å². The molecule has 1 aromatic carbocycles. The highest BCUT2D eigenvalue weighted by Gasteiger charge is 2.24. The van der Waals surface area contributed by atoms with E-state index in [0.717, 1.165) is 28.0 Å². The number of hydrogen-bond donors (Lipinski definition) is 1. The van der Waals surface area contributed by atoms with Crippen LogP contribution in [0, 0.1) is 6.92 Å². The minimum atomic E-state index is 0.777. The molecular formula is C13H13N. The van der Waals surface area contributed by atoms with Gasteiger partial charge in [0, 0.05) is 11.3 Å². The van der Waals surface area contributed by atoms with Gasteiger partial charge in [0.15, 0.2) is 0 Å². The Kier molecular flexibility index (Phi) is 1.81. The maximum atomic E-state index is 5.85. The molecule has 1 aromatic rings. The Morgan fingerprint density at radius 3 is 2.07 bits per heavy atom. The molecule has 1 aliphatic carbocycles. The van der Waals surface area contributed by atoms with Crippen LogP contribution in [0.4, 0.5) is 0 Å². The van der Waals surface area contributed by atoms with Crippen LogP contribution in [0.15, 0.2) is 54.3 Å². The first-order valence-electron chi connectivity index (χ1n) is 4.57. The summed E-state index contributed by atoms with van der Waals surface area (Å²) >= 11 is 0. The third kappa shape index (κ3) is 1.10. The molecule has 1 nitrogen and oxygen atoms in total. The van der Waals surface area contributed by atoms with Crippen molar-refractivity contribution in [1.82, 2.24) is 0 Å². The predicted octanol–water partition coefficient (Wildman–Crippen LogP) is 2.79. The van der Waals surface area contributed by atoms with Crippen LogP contribution in [0.1, 0.15) is 11.1 Å². The van der Waals surface area contributed by atoms with Gasteiger partial charge in [0.05, 0.1) is 0 Å². The Morgan fingerprint density at radius 2 is 1.57 bits per heavy atom. The maximum absolute atomic E-state index is 5.85. The molecule has 0 saturated carbocycles. The first-order chi connectivity index (χ1) is 6.61. The molecule has 70 valence electrons. The van der Waals surface area contributed by atoms with Crippen molar-refractivity contribution in [3.63, 3.8) is 0 Å². The lowest BCUT2D eigenvalue weighted by atomic mass is 9.80. The Morgan fingerprint density at radius 1 is 1.00 bits per heavy atom. The van der Waals surface area contributed by atoms with E-state index in [1.54, 1.807) is 0 Å². The van der Waals surface area contributed by atoms with Gasteiger partial charge in [0.2, 0.25) is 0 Å². The molecule has 0 spiro atoms. The molecule has 0 heterocycles. The lowest BCUT2D eigenvalue weighted by Gasteiger charge is -2.26. The summed E-state index contributed by atoms with van der Waals surface area (Å²) in [6.07, 6.45) is 0. The average Bonchev–Trinajstić information content (AvgIpc) is 2.21. The highest BCUT2D eigenvalue weighted by atomic mass is 14.6. The fourth-order valence-electron chi connectivity index (χ4n) is 1.61. The van der Waals surface area contributed by atoms with Gasteiger partial charge in [-0.1, -0.05) is 43.0 Å². The van der Waals surface area contributed by atoms with Crippen molar-refractivity contribution in [3.8, 4) is 0 Å². The summed E-state index contributed by atoms with van der Waals surface area (Å²) in [7, 11) is 0. The Bertz CT molecular complexity index is 447. The second kappa shape index (κ2) is 2.88. The fraction of sp³-hybridized carbons (Fsp3) is 0.0769. The first-order valence-corrected chi connectivity index (χ1v) is 4.57. The van der Waals surface area contributed by atoms with Gasteiger partial charge >= 0.3 is 0 Å². The SMILES string of the molecule is C=C1C(=C)C(c2ccc(C)cc2)=C1N. The highest BCUT2D eigenvalue weighted by molar-refractivity contribution is 5.96. The molecule has 0 amide bonds. The van der Waals surface area contributed by atoms with Crippen molar-refractivity contribution in [2.24, 2.45) is 5.73 Å². The molecule has 0 saturated heterocycles. The normalized spacial score (nSPS) is 15.8. The monoisotopic (exact) mass is 183 g/mol. The number of benzene rings is 1.